The fourth-order valence-corrected chi connectivity index (χ4v) is 3.66. The van der Waals surface area contributed by atoms with Gasteiger partial charge in [0.25, 0.3) is 5.91 Å². The minimum atomic E-state index is -0.306. The molecule has 2 aromatic rings. The van der Waals surface area contributed by atoms with Gasteiger partial charge in [0, 0.05) is 18.8 Å². The summed E-state index contributed by atoms with van der Waals surface area (Å²) >= 11 is 6.50. The predicted octanol–water partition coefficient (Wildman–Crippen LogP) is 4.85. The molecule has 6 heteroatoms. The van der Waals surface area contributed by atoms with E-state index in [-0.39, 0.29) is 5.91 Å². The lowest BCUT2D eigenvalue weighted by molar-refractivity contribution is 0.102. The second-order valence-corrected chi connectivity index (χ2v) is 7.23. The van der Waals surface area contributed by atoms with E-state index >= 15 is 0 Å². The summed E-state index contributed by atoms with van der Waals surface area (Å²) in [4.78, 5) is 15.1. The highest BCUT2D eigenvalue weighted by molar-refractivity contribution is 6.33. The monoisotopic (exact) mass is 388 g/mol. The second-order valence-electron chi connectivity index (χ2n) is 6.83. The highest BCUT2D eigenvalue weighted by atomic mass is 35.5. The molecule has 0 radical (unpaired) electrons. The van der Waals surface area contributed by atoms with Crippen LogP contribution in [-0.2, 0) is 0 Å². The van der Waals surface area contributed by atoms with Crippen LogP contribution in [0.1, 0.15) is 30.1 Å². The summed E-state index contributed by atoms with van der Waals surface area (Å²) in [6.45, 7) is 4.29. The van der Waals surface area contributed by atoms with Gasteiger partial charge in [-0.05, 0) is 49.1 Å². The quantitative estimate of drug-likeness (QED) is 0.795. The maximum atomic E-state index is 12.8. The van der Waals surface area contributed by atoms with Crippen molar-refractivity contribution in [2.24, 2.45) is 5.92 Å². The lowest BCUT2D eigenvalue weighted by Crippen LogP contribution is -2.32. The number of carbonyl (C=O) groups excluding carboxylic acids is 1. The number of methoxy groups -OCH3 is 2. The number of anilines is 2. The van der Waals surface area contributed by atoms with E-state index in [4.69, 9.17) is 21.1 Å². The van der Waals surface area contributed by atoms with E-state index in [1.165, 1.54) is 27.1 Å². The van der Waals surface area contributed by atoms with Crippen molar-refractivity contribution in [3.05, 3.63) is 47.0 Å². The van der Waals surface area contributed by atoms with Gasteiger partial charge in [-0.2, -0.15) is 0 Å². The van der Waals surface area contributed by atoms with Crippen LogP contribution in [0.4, 0.5) is 11.4 Å². The summed E-state index contributed by atoms with van der Waals surface area (Å²) in [7, 11) is 3.05. The molecule has 1 heterocycles. The van der Waals surface area contributed by atoms with Gasteiger partial charge in [-0.3, -0.25) is 4.79 Å². The molecule has 0 saturated carbocycles. The topological polar surface area (TPSA) is 50.8 Å². The number of halogens is 1. The fraction of sp³-hybridized carbons (Fsp3) is 0.381. The van der Waals surface area contributed by atoms with Crippen molar-refractivity contribution in [2.75, 3.05) is 37.5 Å². The summed E-state index contributed by atoms with van der Waals surface area (Å²) in [6.07, 6.45) is 2.34. The van der Waals surface area contributed by atoms with Gasteiger partial charge in [0.2, 0.25) is 0 Å². The Labute approximate surface area is 165 Å². The summed E-state index contributed by atoms with van der Waals surface area (Å²) in [5.74, 6) is 1.36. The number of ether oxygens (including phenoxy) is 2. The Morgan fingerprint density at radius 1 is 1.11 bits per heavy atom. The average molecular weight is 389 g/mol. The van der Waals surface area contributed by atoms with Crippen LogP contribution in [0, 0.1) is 5.92 Å². The van der Waals surface area contributed by atoms with Gasteiger partial charge in [0.05, 0.1) is 24.9 Å². The Bertz CT molecular complexity index is 795. The van der Waals surface area contributed by atoms with E-state index in [1.54, 1.807) is 24.3 Å². The van der Waals surface area contributed by atoms with Crippen LogP contribution >= 0.6 is 11.6 Å². The van der Waals surface area contributed by atoms with Crippen LogP contribution in [0.3, 0.4) is 0 Å². The third-order valence-corrected chi connectivity index (χ3v) is 5.29. The maximum Gasteiger partial charge on any atom is 0.263 e. The third-order valence-electron chi connectivity index (χ3n) is 4.98. The van der Waals surface area contributed by atoms with Gasteiger partial charge in [-0.25, -0.2) is 0 Å². The smallest absolute Gasteiger partial charge is 0.263 e. The zero-order chi connectivity index (χ0) is 19.4. The first kappa shape index (κ1) is 19.4. The molecule has 1 amide bonds. The number of piperidine rings is 1. The summed E-state index contributed by atoms with van der Waals surface area (Å²) in [5.41, 5.74) is 2.00. The highest BCUT2D eigenvalue weighted by Gasteiger charge is 2.20. The molecule has 0 aliphatic carbocycles. The molecule has 0 unspecified atom stereocenters. The minimum absolute atomic E-state index is 0.306. The molecule has 0 bridgehead atoms. The molecular weight excluding hydrogens is 364 g/mol. The zero-order valence-corrected chi connectivity index (χ0v) is 16.7. The molecule has 27 heavy (non-hydrogen) atoms. The largest absolute Gasteiger partial charge is 0.496 e. The second kappa shape index (κ2) is 8.53. The van der Waals surface area contributed by atoms with Gasteiger partial charge in [-0.1, -0.05) is 24.6 Å². The first-order chi connectivity index (χ1) is 13.0. The number of nitrogens with zero attached hydrogens (tertiary/aromatic N) is 1. The molecule has 1 aliphatic heterocycles. The molecule has 1 aliphatic rings. The molecule has 5 nitrogen and oxygen atoms in total. The molecule has 3 rings (SSSR count). The number of benzene rings is 2. The molecule has 1 fully saturated rings. The lowest BCUT2D eigenvalue weighted by atomic mass is 9.99. The van der Waals surface area contributed by atoms with Crippen molar-refractivity contribution in [3.8, 4) is 11.5 Å². The Morgan fingerprint density at radius 3 is 2.30 bits per heavy atom. The van der Waals surface area contributed by atoms with Gasteiger partial charge in [0.1, 0.15) is 17.1 Å². The van der Waals surface area contributed by atoms with E-state index in [0.717, 1.165) is 24.7 Å². The zero-order valence-electron chi connectivity index (χ0n) is 15.9. The molecule has 0 atom stereocenters. The number of hydrogen-bond donors (Lipinski definition) is 1. The fourth-order valence-electron chi connectivity index (χ4n) is 3.36. The third kappa shape index (κ3) is 4.30. The number of nitrogens with one attached hydrogen (secondary N) is 1. The van der Waals surface area contributed by atoms with Crippen molar-refractivity contribution in [3.63, 3.8) is 0 Å². The van der Waals surface area contributed by atoms with Gasteiger partial charge in [0.15, 0.2) is 0 Å². The van der Waals surface area contributed by atoms with Crippen LogP contribution in [-0.4, -0.2) is 33.2 Å². The van der Waals surface area contributed by atoms with E-state index in [2.05, 4.69) is 17.1 Å². The Balaban J connectivity index is 1.79. The summed E-state index contributed by atoms with van der Waals surface area (Å²) in [6, 6.07) is 10.9. The van der Waals surface area contributed by atoms with Crippen molar-refractivity contribution < 1.29 is 14.3 Å². The van der Waals surface area contributed by atoms with E-state index in [1.807, 2.05) is 12.1 Å². The lowest BCUT2D eigenvalue weighted by Gasteiger charge is -2.32. The molecule has 1 saturated heterocycles. The molecule has 144 valence electrons. The first-order valence-electron chi connectivity index (χ1n) is 9.10. The van der Waals surface area contributed by atoms with Gasteiger partial charge >= 0.3 is 0 Å². The van der Waals surface area contributed by atoms with Crippen LogP contribution in [0.5, 0.6) is 11.5 Å². The Kier molecular flexibility index (Phi) is 6.11. The highest BCUT2D eigenvalue weighted by Crippen LogP contribution is 2.33. The molecule has 2 aromatic carbocycles. The Hall–Kier alpha value is -2.40. The molecular formula is C21H25ClN2O3. The molecule has 0 spiro atoms. The minimum Gasteiger partial charge on any atom is -0.496 e. The van der Waals surface area contributed by atoms with Gasteiger partial charge < -0.3 is 19.7 Å². The standard InChI is InChI=1S/C21H25ClN2O3/c1-14-9-11-24(12-10-14)17-8-7-15(13-16(17)22)23-21(25)20-18(26-2)5-4-6-19(20)27-3/h4-8,13-14H,9-12H2,1-3H3,(H,23,25). The SMILES string of the molecule is COc1cccc(OC)c1C(=O)Nc1ccc(N2CCC(C)CC2)c(Cl)c1. The van der Waals surface area contributed by atoms with E-state index in [9.17, 15) is 4.79 Å². The first-order valence-corrected chi connectivity index (χ1v) is 9.48. The number of carbonyl (C=O) groups is 1. The maximum absolute atomic E-state index is 12.8. The van der Waals surface area contributed by atoms with E-state index < -0.39 is 0 Å². The van der Waals surface area contributed by atoms with E-state index in [0.29, 0.717) is 27.8 Å². The summed E-state index contributed by atoms with van der Waals surface area (Å²) < 4.78 is 10.6. The van der Waals surface area contributed by atoms with Crippen molar-refractivity contribution in [1.29, 1.82) is 0 Å². The van der Waals surface area contributed by atoms with Crippen LogP contribution in [0.2, 0.25) is 5.02 Å². The van der Waals surface area contributed by atoms with Crippen molar-refractivity contribution >= 4 is 28.9 Å². The van der Waals surface area contributed by atoms with Gasteiger partial charge in [-0.15, -0.1) is 0 Å². The number of hydrogen-bond acceptors (Lipinski definition) is 4. The molecule has 0 aromatic heterocycles. The summed E-state index contributed by atoms with van der Waals surface area (Å²) in [5, 5.41) is 3.52. The van der Waals surface area contributed by atoms with Crippen LogP contribution in [0.15, 0.2) is 36.4 Å². The Morgan fingerprint density at radius 2 is 1.74 bits per heavy atom. The van der Waals surface area contributed by atoms with Crippen molar-refractivity contribution in [1.82, 2.24) is 0 Å². The average Bonchev–Trinajstić information content (AvgIpc) is 2.68. The predicted molar refractivity (Wildman–Crippen MR) is 110 cm³/mol. The number of rotatable bonds is 5. The van der Waals surface area contributed by atoms with Crippen molar-refractivity contribution in [2.45, 2.75) is 19.8 Å². The van der Waals surface area contributed by atoms with Crippen LogP contribution < -0.4 is 19.7 Å². The number of amides is 1. The van der Waals surface area contributed by atoms with Crippen LogP contribution in [0.25, 0.3) is 0 Å². The normalized spacial score (nSPS) is 14.7. The molecule has 1 N–H and O–H groups in total.